The lowest BCUT2D eigenvalue weighted by atomic mass is 9.95. The number of aromatic nitrogens is 3. The van der Waals surface area contributed by atoms with E-state index in [9.17, 15) is 13.2 Å². The van der Waals surface area contributed by atoms with Crippen LogP contribution in [0.5, 0.6) is 11.6 Å². The van der Waals surface area contributed by atoms with E-state index in [1.807, 2.05) is 12.1 Å². The highest BCUT2D eigenvalue weighted by atomic mass is 35.5. The molecule has 2 N–H and O–H groups in total. The summed E-state index contributed by atoms with van der Waals surface area (Å²) in [7, 11) is -1.89. The highest BCUT2D eigenvalue weighted by Crippen LogP contribution is 2.30. The number of aryl methyl sites for hydroxylation is 1. The first kappa shape index (κ1) is 26.5. The number of ether oxygens (including phenoxy) is 2. The highest BCUT2D eigenvalue weighted by molar-refractivity contribution is 7.88. The van der Waals surface area contributed by atoms with Crippen molar-refractivity contribution >= 4 is 44.4 Å². The van der Waals surface area contributed by atoms with Crippen LogP contribution < -0.4 is 20.1 Å². The molecule has 2 aliphatic rings. The summed E-state index contributed by atoms with van der Waals surface area (Å²) in [5, 5.41) is 6.63. The summed E-state index contributed by atoms with van der Waals surface area (Å²) in [5.41, 5.74) is 2.93. The summed E-state index contributed by atoms with van der Waals surface area (Å²) in [6, 6.07) is 6.98. The number of nitrogens with one attached hydrogen (secondary N) is 2. The van der Waals surface area contributed by atoms with Crippen LogP contribution in [0.25, 0.3) is 11.0 Å². The molecule has 202 valence electrons. The SMILES string of the molecule is COc1ccc2ncc(Cl)c(CC[C@@H]3CC[C@H](NCc4ccc5c(n4)NC(=O)CO5)CN3S(C)(=O)=O)c2n1. The maximum Gasteiger partial charge on any atom is 0.263 e. The topological polar surface area (TPSA) is 136 Å². The van der Waals surface area contributed by atoms with E-state index >= 15 is 0 Å². The van der Waals surface area contributed by atoms with Crippen LogP contribution in [0.2, 0.25) is 5.02 Å². The number of rotatable bonds is 8. The second-order valence-electron chi connectivity index (χ2n) is 9.47. The molecular weight excluding hydrogens is 532 g/mol. The molecular formula is C25H29ClN6O5S. The Labute approximate surface area is 226 Å². The number of pyridine rings is 3. The van der Waals surface area contributed by atoms with Gasteiger partial charge in [0.25, 0.3) is 5.91 Å². The minimum atomic E-state index is -3.44. The van der Waals surface area contributed by atoms with Crippen LogP contribution in [0.3, 0.4) is 0 Å². The fraction of sp³-hybridized carbons (Fsp3) is 0.440. The van der Waals surface area contributed by atoms with E-state index in [4.69, 9.17) is 21.1 Å². The number of amides is 1. The van der Waals surface area contributed by atoms with E-state index in [2.05, 4.69) is 25.6 Å². The number of hydrogen-bond acceptors (Lipinski definition) is 9. The molecule has 5 heterocycles. The summed E-state index contributed by atoms with van der Waals surface area (Å²) in [5.74, 6) is 1.16. The lowest BCUT2D eigenvalue weighted by molar-refractivity contribution is -0.118. The fourth-order valence-electron chi connectivity index (χ4n) is 4.95. The van der Waals surface area contributed by atoms with Crippen molar-refractivity contribution in [2.75, 3.05) is 31.8 Å². The van der Waals surface area contributed by atoms with Crippen LogP contribution in [0.1, 0.15) is 30.5 Å². The number of halogens is 1. The third-order valence-corrected chi connectivity index (χ3v) is 8.49. The molecule has 3 aromatic heterocycles. The number of piperidine rings is 1. The molecule has 1 amide bonds. The maximum atomic E-state index is 12.7. The van der Waals surface area contributed by atoms with E-state index in [1.165, 1.54) is 6.26 Å². The van der Waals surface area contributed by atoms with Gasteiger partial charge >= 0.3 is 0 Å². The Hall–Kier alpha value is -3.06. The molecule has 3 aromatic rings. The lowest BCUT2D eigenvalue weighted by Gasteiger charge is -2.38. The van der Waals surface area contributed by atoms with Crippen molar-refractivity contribution in [3.05, 3.63) is 46.7 Å². The molecule has 1 fully saturated rings. The van der Waals surface area contributed by atoms with Gasteiger partial charge in [0.15, 0.2) is 18.2 Å². The van der Waals surface area contributed by atoms with Gasteiger partial charge in [-0.1, -0.05) is 11.6 Å². The van der Waals surface area contributed by atoms with Crippen LogP contribution in [0.15, 0.2) is 30.5 Å². The predicted octanol–water partition coefficient (Wildman–Crippen LogP) is 2.53. The van der Waals surface area contributed by atoms with Crippen molar-refractivity contribution in [1.29, 1.82) is 0 Å². The van der Waals surface area contributed by atoms with Crippen molar-refractivity contribution in [1.82, 2.24) is 24.6 Å². The standard InChI is InChI=1S/C25H29ClN6O5S/c1-36-23-10-8-20-24(31-23)18(19(26)12-28-20)7-6-17-5-3-16(13-32(17)38(2,34)35)27-11-15-4-9-21-25(29-15)30-22(33)14-37-21/h4,8-10,12,16-17,27H,3,5-7,11,13-14H2,1-2H3,(H,29,30,33)/t16-,17-/m0/s1. The summed E-state index contributed by atoms with van der Waals surface area (Å²) in [6.45, 7) is 0.762. The van der Waals surface area contributed by atoms with E-state index < -0.39 is 10.0 Å². The Morgan fingerprint density at radius 3 is 2.87 bits per heavy atom. The minimum absolute atomic E-state index is 0.0227. The molecule has 0 saturated carbocycles. The van der Waals surface area contributed by atoms with Crippen molar-refractivity contribution in [2.24, 2.45) is 0 Å². The predicted molar refractivity (Wildman–Crippen MR) is 143 cm³/mol. The Balaban J connectivity index is 1.25. The van der Waals surface area contributed by atoms with Gasteiger partial charge in [-0.05, 0) is 43.9 Å². The number of fused-ring (bicyclic) bond motifs is 2. The third-order valence-electron chi connectivity index (χ3n) is 6.86. The molecule has 11 nitrogen and oxygen atoms in total. The van der Waals surface area contributed by atoms with Crippen LogP contribution >= 0.6 is 11.6 Å². The lowest BCUT2D eigenvalue weighted by Crippen LogP contribution is -2.52. The molecule has 0 radical (unpaired) electrons. The van der Waals surface area contributed by atoms with Crippen molar-refractivity contribution in [3.8, 4) is 11.6 Å². The molecule has 13 heteroatoms. The summed E-state index contributed by atoms with van der Waals surface area (Å²) in [4.78, 5) is 24.9. The van der Waals surface area contributed by atoms with Crippen LogP contribution in [0, 0.1) is 0 Å². The first-order chi connectivity index (χ1) is 18.2. The number of hydrogen-bond donors (Lipinski definition) is 2. The van der Waals surface area contributed by atoms with E-state index in [-0.39, 0.29) is 24.6 Å². The zero-order valence-corrected chi connectivity index (χ0v) is 22.7. The summed E-state index contributed by atoms with van der Waals surface area (Å²) >= 11 is 6.50. The molecule has 2 aliphatic heterocycles. The third kappa shape index (κ3) is 5.83. The van der Waals surface area contributed by atoms with E-state index in [0.29, 0.717) is 65.9 Å². The van der Waals surface area contributed by atoms with Gasteiger partial charge in [0.1, 0.15) is 0 Å². The number of anilines is 1. The number of sulfonamides is 1. The number of nitrogens with zero attached hydrogens (tertiary/aromatic N) is 4. The van der Waals surface area contributed by atoms with Gasteiger partial charge in [-0.2, -0.15) is 4.31 Å². The van der Waals surface area contributed by atoms with Gasteiger partial charge in [0.2, 0.25) is 15.9 Å². The zero-order valence-electron chi connectivity index (χ0n) is 21.1. The number of methoxy groups -OCH3 is 1. The average Bonchev–Trinajstić information content (AvgIpc) is 2.90. The summed E-state index contributed by atoms with van der Waals surface area (Å²) < 4.78 is 37.7. The van der Waals surface area contributed by atoms with Gasteiger partial charge in [0, 0.05) is 43.0 Å². The fourth-order valence-corrected chi connectivity index (χ4v) is 6.38. The molecule has 0 aromatic carbocycles. The van der Waals surface area contributed by atoms with Crippen LogP contribution in [-0.2, 0) is 27.8 Å². The number of carbonyl (C=O) groups excluding carboxylic acids is 1. The second kappa shape index (κ2) is 11.0. The van der Waals surface area contributed by atoms with Gasteiger partial charge in [-0.25, -0.2) is 18.4 Å². The van der Waals surface area contributed by atoms with Gasteiger partial charge < -0.3 is 20.1 Å². The minimum Gasteiger partial charge on any atom is -0.481 e. The smallest absolute Gasteiger partial charge is 0.263 e. The number of carbonyl (C=O) groups is 1. The van der Waals surface area contributed by atoms with Crippen molar-refractivity contribution in [3.63, 3.8) is 0 Å². The highest BCUT2D eigenvalue weighted by Gasteiger charge is 2.34. The quantitative estimate of drug-likeness (QED) is 0.426. The van der Waals surface area contributed by atoms with Crippen LogP contribution in [-0.4, -0.2) is 72.2 Å². The van der Waals surface area contributed by atoms with E-state index in [1.54, 1.807) is 29.7 Å². The Kier molecular flexibility index (Phi) is 7.66. The molecule has 5 rings (SSSR count). The normalized spacial score (nSPS) is 20.0. The largest absolute Gasteiger partial charge is 0.481 e. The van der Waals surface area contributed by atoms with Gasteiger partial charge in [-0.3, -0.25) is 9.78 Å². The van der Waals surface area contributed by atoms with Gasteiger partial charge in [0.05, 0.1) is 35.1 Å². The summed E-state index contributed by atoms with van der Waals surface area (Å²) in [6.07, 6.45) is 5.51. The second-order valence-corrected chi connectivity index (χ2v) is 11.8. The monoisotopic (exact) mass is 560 g/mol. The van der Waals surface area contributed by atoms with E-state index in [0.717, 1.165) is 17.7 Å². The van der Waals surface area contributed by atoms with Crippen molar-refractivity contribution in [2.45, 2.75) is 44.3 Å². The zero-order chi connectivity index (χ0) is 26.9. The first-order valence-corrected chi connectivity index (χ1v) is 14.5. The molecule has 38 heavy (non-hydrogen) atoms. The Morgan fingerprint density at radius 2 is 2.08 bits per heavy atom. The first-order valence-electron chi connectivity index (χ1n) is 12.3. The average molecular weight is 561 g/mol. The van der Waals surface area contributed by atoms with Crippen molar-refractivity contribution < 1.29 is 22.7 Å². The molecule has 0 spiro atoms. The molecule has 1 saturated heterocycles. The molecule has 2 atom stereocenters. The van der Waals surface area contributed by atoms with Crippen LogP contribution in [0.4, 0.5) is 5.82 Å². The molecule has 0 bridgehead atoms. The Bertz CT molecular complexity index is 1470. The Morgan fingerprint density at radius 1 is 1.24 bits per heavy atom. The maximum absolute atomic E-state index is 12.7. The molecule has 0 aliphatic carbocycles. The van der Waals surface area contributed by atoms with Gasteiger partial charge in [-0.15, -0.1) is 0 Å². The molecule has 0 unspecified atom stereocenters.